The summed E-state index contributed by atoms with van der Waals surface area (Å²) < 4.78 is 0. The molecule has 1 aromatic carbocycles. The number of aliphatic hydroxyl groups is 1. The van der Waals surface area contributed by atoms with Gasteiger partial charge in [-0.25, -0.2) is 0 Å². The van der Waals surface area contributed by atoms with E-state index in [2.05, 4.69) is 36.1 Å². The maximum Gasteiger partial charge on any atom is 0.0947 e. The topological polar surface area (TPSA) is 23.5 Å². The quantitative estimate of drug-likeness (QED) is 0.829. The van der Waals surface area contributed by atoms with Gasteiger partial charge in [-0.1, -0.05) is 44.0 Å². The number of aryl methyl sites for hydroxylation is 1. The maximum atomic E-state index is 11.0. The van der Waals surface area contributed by atoms with E-state index in [9.17, 15) is 5.11 Å². The zero-order valence-corrected chi connectivity index (χ0v) is 13.3. The van der Waals surface area contributed by atoms with Gasteiger partial charge in [0.25, 0.3) is 0 Å². The van der Waals surface area contributed by atoms with Crippen LogP contribution in [0.4, 0.5) is 0 Å². The summed E-state index contributed by atoms with van der Waals surface area (Å²) in [6, 6.07) is 9.49. The number of nitrogens with zero attached hydrogens (tertiary/aromatic N) is 1. The minimum atomic E-state index is -0.309. The SMILES string of the molecule is CCC1CCCCCN1C1CCCc2ccccc2C1O. The number of fused-ring (bicyclic) bond motifs is 1. The molecule has 0 aromatic heterocycles. The lowest BCUT2D eigenvalue weighted by Gasteiger charge is -2.39. The molecular formula is C19H29NO. The standard InChI is InChI=1S/C19H29NO/c1-2-16-11-4-3-7-14-20(16)18-13-8-10-15-9-5-6-12-17(15)19(18)21/h5-6,9,12,16,18-19,21H,2-4,7-8,10-11,13-14H2,1H3. The van der Waals surface area contributed by atoms with Crippen molar-refractivity contribution in [1.82, 2.24) is 4.90 Å². The molecule has 2 heteroatoms. The summed E-state index contributed by atoms with van der Waals surface area (Å²) in [5.74, 6) is 0. The summed E-state index contributed by atoms with van der Waals surface area (Å²) >= 11 is 0. The molecular weight excluding hydrogens is 258 g/mol. The lowest BCUT2D eigenvalue weighted by molar-refractivity contribution is 0.0194. The second-order valence-electron chi connectivity index (χ2n) is 6.75. The Labute approximate surface area is 129 Å². The number of hydrogen-bond donors (Lipinski definition) is 1. The number of hydrogen-bond acceptors (Lipinski definition) is 2. The van der Waals surface area contributed by atoms with Gasteiger partial charge in [-0.3, -0.25) is 4.90 Å². The van der Waals surface area contributed by atoms with Crippen LogP contribution in [0.2, 0.25) is 0 Å². The van der Waals surface area contributed by atoms with E-state index >= 15 is 0 Å². The highest BCUT2D eigenvalue weighted by Crippen LogP contribution is 2.35. The Hall–Kier alpha value is -0.860. The van der Waals surface area contributed by atoms with E-state index in [-0.39, 0.29) is 6.10 Å². The molecule has 1 aliphatic heterocycles. The lowest BCUT2D eigenvalue weighted by atomic mass is 9.95. The molecule has 1 saturated heterocycles. The van der Waals surface area contributed by atoms with Crippen LogP contribution in [0, 0.1) is 0 Å². The summed E-state index contributed by atoms with van der Waals surface area (Å²) in [6.07, 6.45) is 9.66. The number of aliphatic hydroxyl groups excluding tert-OH is 1. The van der Waals surface area contributed by atoms with Crippen molar-refractivity contribution >= 4 is 0 Å². The Kier molecular flexibility index (Phi) is 4.97. The van der Waals surface area contributed by atoms with E-state index in [4.69, 9.17) is 0 Å². The summed E-state index contributed by atoms with van der Waals surface area (Å²) in [5.41, 5.74) is 2.54. The second-order valence-corrected chi connectivity index (χ2v) is 6.75. The van der Waals surface area contributed by atoms with E-state index in [0.717, 1.165) is 12.8 Å². The first-order chi connectivity index (χ1) is 10.3. The van der Waals surface area contributed by atoms with Crippen LogP contribution < -0.4 is 0 Å². The molecule has 21 heavy (non-hydrogen) atoms. The molecule has 0 saturated carbocycles. The minimum Gasteiger partial charge on any atom is -0.387 e. The monoisotopic (exact) mass is 287 g/mol. The minimum absolute atomic E-state index is 0.309. The molecule has 2 nitrogen and oxygen atoms in total. The van der Waals surface area contributed by atoms with Crippen molar-refractivity contribution in [3.63, 3.8) is 0 Å². The Morgan fingerprint density at radius 1 is 1.10 bits per heavy atom. The summed E-state index contributed by atoms with van der Waals surface area (Å²) in [7, 11) is 0. The highest BCUT2D eigenvalue weighted by atomic mass is 16.3. The fraction of sp³-hybridized carbons (Fsp3) is 0.684. The van der Waals surface area contributed by atoms with Crippen molar-refractivity contribution < 1.29 is 5.11 Å². The first kappa shape index (κ1) is 15.1. The highest BCUT2D eigenvalue weighted by molar-refractivity contribution is 5.31. The molecule has 116 valence electrons. The van der Waals surface area contributed by atoms with Crippen LogP contribution in [-0.4, -0.2) is 28.6 Å². The average molecular weight is 287 g/mol. The van der Waals surface area contributed by atoms with Gasteiger partial charge in [0.15, 0.2) is 0 Å². The van der Waals surface area contributed by atoms with E-state index in [1.165, 1.54) is 56.2 Å². The van der Waals surface area contributed by atoms with E-state index in [1.54, 1.807) is 0 Å². The third-order valence-electron chi connectivity index (χ3n) is 5.50. The first-order valence-corrected chi connectivity index (χ1v) is 8.83. The van der Waals surface area contributed by atoms with E-state index in [1.807, 2.05) is 0 Å². The fourth-order valence-electron chi connectivity index (χ4n) is 4.34. The Morgan fingerprint density at radius 3 is 2.81 bits per heavy atom. The molecule has 3 unspecified atom stereocenters. The zero-order chi connectivity index (χ0) is 14.7. The maximum absolute atomic E-state index is 11.0. The summed E-state index contributed by atoms with van der Waals surface area (Å²) in [5, 5.41) is 11.0. The molecule has 0 bridgehead atoms. The van der Waals surface area contributed by atoms with Crippen LogP contribution in [0.1, 0.15) is 69.1 Å². The molecule has 3 rings (SSSR count). The predicted molar refractivity (Wildman–Crippen MR) is 87.4 cm³/mol. The lowest BCUT2D eigenvalue weighted by Crippen LogP contribution is -2.45. The van der Waals surface area contributed by atoms with Crippen molar-refractivity contribution in [2.24, 2.45) is 0 Å². The molecule has 0 spiro atoms. The molecule has 1 aliphatic carbocycles. The summed E-state index contributed by atoms with van der Waals surface area (Å²) in [6.45, 7) is 3.47. The van der Waals surface area contributed by atoms with Gasteiger partial charge in [0.1, 0.15) is 0 Å². The number of likely N-dealkylation sites (tertiary alicyclic amines) is 1. The van der Waals surface area contributed by atoms with Crippen LogP contribution >= 0.6 is 0 Å². The van der Waals surface area contributed by atoms with Crippen molar-refractivity contribution in [3.8, 4) is 0 Å². The van der Waals surface area contributed by atoms with Gasteiger partial charge in [0.2, 0.25) is 0 Å². The number of benzene rings is 1. The van der Waals surface area contributed by atoms with E-state index in [0.29, 0.717) is 12.1 Å². The van der Waals surface area contributed by atoms with Gasteiger partial charge in [-0.2, -0.15) is 0 Å². The highest BCUT2D eigenvalue weighted by Gasteiger charge is 2.34. The van der Waals surface area contributed by atoms with Crippen molar-refractivity contribution in [3.05, 3.63) is 35.4 Å². The molecule has 0 amide bonds. The molecule has 1 fully saturated rings. The zero-order valence-electron chi connectivity index (χ0n) is 13.3. The first-order valence-electron chi connectivity index (χ1n) is 8.83. The van der Waals surface area contributed by atoms with Crippen LogP contribution in [0.25, 0.3) is 0 Å². The van der Waals surface area contributed by atoms with Gasteiger partial charge in [0.05, 0.1) is 6.10 Å². The Balaban J connectivity index is 1.86. The van der Waals surface area contributed by atoms with Gasteiger partial charge >= 0.3 is 0 Å². The smallest absolute Gasteiger partial charge is 0.0947 e. The normalized spacial score (nSPS) is 31.2. The molecule has 2 aliphatic rings. The van der Waals surface area contributed by atoms with Crippen LogP contribution in [-0.2, 0) is 6.42 Å². The molecule has 1 N–H and O–H groups in total. The predicted octanol–water partition coefficient (Wildman–Crippen LogP) is 4.08. The molecule has 3 atom stereocenters. The largest absolute Gasteiger partial charge is 0.387 e. The molecule has 0 radical (unpaired) electrons. The van der Waals surface area contributed by atoms with E-state index < -0.39 is 0 Å². The Bertz CT molecular complexity index is 459. The average Bonchev–Trinajstić information content (AvgIpc) is 2.84. The fourth-order valence-corrected chi connectivity index (χ4v) is 4.34. The van der Waals surface area contributed by atoms with Gasteiger partial charge in [0, 0.05) is 12.1 Å². The molecule has 1 aromatic rings. The third kappa shape index (κ3) is 3.17. The van der Waals surface area contributed by atoms with Gasteiger partial charge < -0.3 is 5.11 Å². The van der Waals surface area contributed by atoms with Gasteiger partial charge in [-0.15, -0.1) is 0 Å². The third-order valence-corrected chi connectivity index (χ3v) is 5.50. The van der Waals surface area contributed by atoms with Gasteiger partial charge in [-0.05, 0) is 56.2 Å². The van der Waals surface area contributed by atoms with Crippen molar-refractivity contribution in [1.29, 1.82) is 0 Å². The van der Waals surface area contributed by atoms with Crippen LogP contribution in [0.3, 0.4) is 0 Å². The van der Waals surface area contributed by atoms with Crippen molar-refractivity contribution in [2.45, 2.75) is 76.5 Å². The Morgan fingerprint density at radius 2 is 1.95 bits per heavy atom. The van der Waals surface area contributed by atoms with Crippen LogP contribution in [0.5, 0.6) is 0 Å². The summed E-state index contributed by atoms with van der Waals surface area (Å²) in [4.78, 5) is 2.65. The molecule has 1 heterocycles. The number of rotatable bonds is 2. The van der Waals surface area contributed by atoms with Crippen LogP contribution in [0.15, 0.2) is 24.3 Å². The van der Waals surface area contributed by atoms with Crippen molar-refractivity contribution in [2.75, 3.05) is 6.54 Å². The second kappa shape index (κ2) is 6.93.